The summed E-state index contributed by atoms with van der Waals surface area (Å²) in [5, 5.41) is 5.83. The fraction of sp³-hybridized carbons (Fsp3) is 0.235. The maximum atomic E-state index is 5.77. The molecule has 0 radical (unpaired) electrons. The zero-order valence-corrected chi connectivity index (χ0v) is 12.4. The van der Waals surface area contributed by atoms with Crippen molar-refractivity contribution in [3.05, 3.63) is 65.4 Å². The van der Waals surface area contributed by atoms with E-state index in [1.54, 1.807) is 0 Å². The number of benzene rings is 2. The van der Waals surface area contributed by atoms with Crippen molar-refractivity contribution < 1.29 is 0 Å². The molecule has 0 saturated carbocycles. The third kappa shape index (κ3) is 2.68. The van der Waals surface area contributed by atoms with Crippen LogP contribution in [0.4, 0.5) is 0 Å². The summed E-state index contributed by atoms with van der Waals surface area (Å²) in [5.74, 6) is 5.77. The Kier molecular flexibility index (Phi) is 3.73. The summed E-state index contributed by atoms with van der Waals surface area (Å²) in [4.78, 5) is 0. The Bertz CT molecular complexity index is 760. The van der Waals surface area contributed by atoms with Gasteiger partial charge in [0.2, 0.25) is 0 Å². The van der Waals surface area contributed by atoms with Crippen LogP contribution in [0.1, 0.15) is 22.9 Å². The van der Waals surface area contributed by atoms with Gasteiger partial charge in [-0.05, 0) is 18.6 Å². The van der Waals surface area contributed by atoms with Crippen molar-refractivity contribution in [3.63, 3.8) is 0 Å². The van der Waals surface area contributed by atoms with Crippen molar-refractivity contribution in [3.8, 4) is 0 Å². The number of fused-ring (bicyclic) bond motifs is 1. The number of hydrogen-bond donors (Lipinski definition) is 2. The third-order valence-corrected chi connectivity index (χ3v) is 3.88. The Hall–Kier alpha value is -2.17. The molecule has 0 bridgehead atoms. The van der Waals surface area contributed by atoms with E-state index in [4.69, 9.17) is 5.84 Å². The van der Waals surface area contributed by atoms with E-state index in [1.165, 1.54) is 16.5 Å². The molecule has 0 spiro atoms. The molecule has 0 aliphatic rings. The first kappa shape index (κ1) is 13.8. The van der Waals surface area contributed by atoms with E-state index in [2.05, 4.69) is 53.8 Å². The highest BCUT2D eigenvalue weighted by Gasteiger charge is 2.15. The Balaban J connectivity index is 1.96. The first-order chi connectivity index (χ1) is 10.2. The molecule has 3 N–H and O–H groups in total. The Morgan fingerprint density at radius 2 is 2.00 bits per heavy atom. The molecule has 1 atom stereocenters. The van der Waals surface area contributed by atoms with Crippen LogP contribution in [-0.2, 0) is 13.5 Å². The van der Waals surface area contributed by atoms with Crippen molar-refractivity contribution in [1.29, 1.82) is 0 Å². The second-order valence-corrected chi connectivity index (χ2v) is 5.42. The molecule has 0 fully saturated rings. The number of hydrazine groups is 1. The second kappa shape index (κ2) is 5.68. The summed E-state index contributed by atoms with van der Waals surface area (Å²) in [6.45, 7) is 2.09. The molecule has 0 aliphatic heterocycles. The van der Waals surface area contributed by atoms with Crippen LogP contribution >= 0.6 is 0 Å². The molecular formula is C17H20N4. The number of aromatic nitrogens is 2. The van der Waals surface area contributed by atoms with Gasteiger partial charge < -0.3 is 0 Å². The Labute approximate surface area is 124 Å². The van der Waals surface area contributed by atoms with Gasteiger partial charge in [0.1, 0.15) is 0 Å². The lowest BCUT2D eigenvalue weighted by molar-refractivity contribution is 0.543. The topological polar surface area (TPSA) is 55.9 Å². The molecule has 4 heteroatoms. The van der Waals surface area contributed by atoms with Crippen molar-refractivity contribution in [2.45, 2.75) is 19.4 Å². The summed E-state index contributed by atoms with van der Waals surface area (Å²) >= 11 is 0. The van der Waals surface area contributed by atoms with Crippen LogP contribution in [0.3, 0.4) is 0 Å². The molecule has 4 nitrogen and oxygen atoms in total. The average Bonchev–Trinajstić information content (AvgIpc) is 2.82. The molecule has 3 aromatic rings. The van der Waals surface area contributed by atoms with Crippen LogP contribution in [-0.4, -0.2) is 9.78 Å². The molecule has 0 amide bonds. The predicted octanol–water partition coefficient (Wildman–Crippen LogP) is 2.63. The lowest BCUT2D eigenvalue weighted by Crippen LogP contribution is -2.29. The first-order valence-corrected chi connectivity index (χ1v) is 7.12. The number of nitrogens with one attached hydrogen (secondary N) is 1. The maximum Gasteiger partial charge on any atom is 0.0722 e. The van der Waals surface area contributed by atoms with E-state index in [0.717, 1.165) is 17.6 Å². The molecule has 0 aliphatic carbocycles. The van der Waals surface area contributed by atoms with Gasteiger partial charge in [-0.2, -0.15) is 5.10 Å². The van der Waals surface area contributed by atoms with Crippen molar-refractivity contribution in [1.82, 2.24) is 15.2 Å². The highest BCUT2D eigenvalue weighted by Crippen LogP contribution is 2.23. The minimum Gasteiger partial charge on any atom is -0.271 e. The molecule has 3 rings (SSSR count). The minimum atomic E-state index is 0.0585. The molecular weight excluding hydrogens is 260 g/mol. The van der Waals surface area contributed by atoms with E-state index in [-0.39, 0.29) is 6.04 Å². The largest absolute Gasteiger partial charge is 0.271 e. The zero-order chi connectivity index (χ0) is 14.8. The van der Waals surface area contributed by atoms with Gasteiger partial charge in [-0.3, -0.25) is 16.0 Å². The molecule has 108 valence electrons. The Morgan fingerprint density at radius 1 is 1.19 bits per heavy atom. The maximum absolute atomic E-state index is 5.77. The zero-order valence-electron chi connectivity index (χ0n) is 12.4. The number of nitrogens with zero attached hydrogens (tertiary/aromatic N) is 2. The second-order valence-electron chi connectivity index (χ2n) is 5.42. The van der Waals surface area contributed by atoms with Gasteiger partial charge in [0.15, 0.2) is 0 Å². The van der Waals surface area contributed by atoms with Crippen LogP contribution in [0.25, 0.3) is 10.9 Å². The normalized spacial score (nSPS) is 12.7. The lowest BCUT2D eigenvalue weighted by atomic mass is 9.99. The van der Waals surface area contributed by atoms with Gasteiger partial charge in [-0.1, -0.05) is 48.0 Å². The fourth-order valence-corrected chi connectivity index (χ4v) is 2.79. The number of nitrogens with two attached hydrogens (primary N) is 1. The standard InChI is InChI=1S/C17H20N4/c1-12-6-5-7-13(10-12)15(19-18)11-16-14-8-3-4-9-17(14)21(2)20-16/h3-10,15,19H,11,18H2,1-2H3. The van der Waals surface area contributed by atoms with Crippen molar-refractivity contribution in [2.24, 2.45) is 12.9 Å². The molecule has 1 aromatic heterocycles. The van der Waals surface area contributed by atoms with Gasteiger partial charge in [0.05, 0.1) is 17.3 Å². The van der Waals surface area contributed by atoms with E-state index >= 15 is 0 Å². The Morgan fingerprint density at radius 3 is 2.76 bits per heavy atom. The van der Waals surface area contributed by atoms with Crippen LogP contribution < -0.4 is 11.3 Å². The van der Waals surface area contributed by atoms with E-state index in [0.29, 0.717) is 0 Å². The average molecular weight is 280 g/mol. The third-order valence-electron chi connectivity index (χ3n) is 3.88. The quantitative estimate of drug-likeness (QED) is 0.570. The van der Waals surface area contributed by atoms with Gasteiger partial charge >= 0.3 is 0 Å². The van der Waals surface area contributed by atoms with Crippen molar-refractivity contribution >= 4 is 10.9 Å². The van der Waals surface area contributed by atoms with E-state index in [1.807, 2.05) is 23.9 Å². The summed E-state index contributed by atoms with van der Waals surface area (Å²) in [5.41, 5.74) is 7.55. The minimum absolute atomic E-state index is 0.0585. The highest BCUT2D eigenvalue weighted by atomic mass is 15.3. The molecule has 1 unspecified atom stereocenters. The van der Waals surface area contributed by atoms with Crippen LogP contribution in [0.2, 0.25) is 0 Å². The van der Waals surface area contributed by atoms with Gasteiger partial charge in [-0.15, -0.1) is 0 Å². The number of para-hydroxylation sites is 1. The lowest BCUT2D eigenvalue weighted by Gasteiger charge is -2.16. The summed E-state index contributed by atoms with van der Waals surface area (Å²) < 4.78 is 1.93. The number of aryl methyl sites for hydroxylation is 2. The molecule has 2 aromatic carbocycles. The SMILES string of the molecule is Cc1cccc(C(Cc2nn(C)c3ccccc23)NN)c1. The number of rotatable bonds is 4. The molecule has 0 saturated heterocycles. The van der Waals surface area contributed by atoms with Crippen LogP contribution in [0, 0.1) is 6.92 Å². The fourth-order valence-electron chi connectivity index (χ4n) is 2.79. The molecule has 21 heavy (non-hydrogen) atoms. The van der Waals surface area contributed by atoms with Gasteiger partial charge in [0.25, 0.3) is 0 Å². The van der Waals surface area contributed by atoms with Crippen LogP contribution in [0.5, 0.6) is 0 Å². The predicted molar refractivity (Wildman–Crippen MR) is 85.7 cm³/mol. The van der Waals surface area contributed by atoms with Gasteiger partial charge in [-0.25, -0.2) is 0 Å². The summed E-state index contributed by atoms with van der Waals surface area (Å²) in [7, 11) is 1.98. The smallest absolute Gasteiger partial charge is 0.0722 e. The molecule has 1 heterocycles. The highest BCUT2D eigenvalue weighted by molar-refractivity contribution is 5.81. The summed E-state index contributed by atoms with van der Waals surface area (Å²) in [6, 6.07) is 16.8. The van der Waals surface area contributed by atoms with E-state index in [9.17, 15) is 0 Å². The first-order valence-electron chi connectivity index (χ1n) is 7.12. The monoisotopic (exact) mass is 280 g/mol. The summed E-state index contributed by atoms with van der Waals surface area (Å²) in [6.07, 6.45) is 0.765. The van der Waals surface area contributed by atoms with Crippen LogP contribution in [0.15, 0.2) is 48.5 Å². The van der Waals surface area contributed by atoms with Gasteiger partial charge in [0, 0.05) is 18.9 Å². The number of hydrogen-bond acceptors (Lipinski definition) is 3. The van der Waals surface area contributed by atoms with Crippen molar-refractivity contribution in [2.75, 3.05) is 0 Å². The van der Waals surface area contributed by atoms with E-state index < -0.39 is 0 Å².